The summed E-state index contributed by atoms with van der Waals surface area (Å²) in [6, 6.07) is 4.43. The van der Waals surface area contributed by atoms with Gasteiger partial charge in [0.05, 0.1) is 26.4 Å². The van der Waals surface area contributed by atoms with Crippen LogP contribution in [0.2, 0.25) is 0 Å². The maximum atomic E-state index is 5.76. The molecule has 2 N–H and O–H groups in total. The molecule has 7 nitrogen and oxygen atoms in total. The van der Waals surface area contributed by atoms with Crippen molar-refractivity contribution in [3.63, 3.8) is 0 Å². The van der Waals surface area contributed by atoms with E-state index in [1.54, 1.807) is 6.20 Å². The predicted molar refractivity (Wildman–Crippen MR) is 123 cm³/mol. The van der Waals surface area contributed by atoms with E-state index < -0.39 is 0 Å². The van der Waals surface area contributed by atoms with Gasteiger partial charge in [-0.15, -0.1) is 24.0 Å². The number of hydrogen-bond donors (Lipinski definition) is 2. The molecule has 158 valence electrons. The van der Waals surface area contributed by atoms with E-state index in [0.717, 1.165) is 63.4 Å². The Bertz CT molecular complexity index is 606. The van der Waals surface area contributed by atoms with Crippen LogP contribution in [0, 0.1) is 5.92 Å². The predicted octanol–water partition coefficient (Wildman–Crippen LogP) is 2.26. The highest BCUT2D eigenvalue weighted by molar-refractivity contribution is 14.0. The van der Waals surface area contributed by atoms with Crippen LogP contribution in [0.25, 0.3) is 0 Å². The number of aliphatic imine (C=N–C) groups is 1. The van der Waals surface area contributed by atoms with Crippen molar-refractivity contribution in [2.45, 2.75) is 39.3 Å². The Balaban J connectivity index is 0.00000280. The highest BCUT2D eigenvalue weighted by Crippen LogP contribution is 2.29. The lowest BCUT2D eigenvalue weighted by Crippen LogP contribution is -2.49. The fourth-order valence-electron chi connectivity index (χ4n) is 3.02. The first-order chi connectivity index (χ1) is 13.2. The Labute approximate surface area is 185 Å². The van der Waals surface area contributed by atoms with E-state index in [1.165, 1.54) is 12.8 Å². The lowest BCUT2D eigenvalue weighted by molar-refractivity contribution is 0.0211. The molecule has 1 aliphatic heterocycles. The summed E-state index contributed by atoms with van der Waals surface area (Å²) in [6.07, 6.45) is 4.36. The Kier molecular flexibility index (Phi) is 10.3. The molecule has 2 fully saturated rings. The third-order valence-corrected chi connectivity index (χ3v) is 4.96. The second kappa shape index (κ2) is 12.4. The summed E-state index contributed by atoms with van der Waals surface area (Å²) in [5.74, 6) is 2.27. The van der Waals surface area contributed by atoms with E-state index in [9.17, 15) is 0 Å². The topological polar surface area (TPSA) is 71.0 Å². The van der Waals surface area contributed by atoms with Gasteiger partial charge in [0.2, 0.25) is 5.88 Å². The van der Waals surface area contributed by atoms with Crippen molar-refractivity contribution >= 4 is 29.9 Å². The molecule has 1 atom stereocenters. The van der Waals surface area contributed by atoms with Crippen molar-refractivity contribution in [2.75, 3.05) is 46.0 Å². The van der Waals surface area contributed by atoms with Gasteiger partial charge in [-0.1, -0.05) is 0 Å². The molecule has 0 bridgehead atoms. The van der Waals surface area contributed by atoms with Crippen molar-refractivity contribution < 1.29 is 9.47 Å². The van der Waals surface area contributed by atoms with Gasteiger partial charge >= 0.3 is 0 Å². The number of pyridine rings is 1. The summed E-state index contributed by atoms with van der Waals surface area (Å²) in [4.78, 5) is 11.5. The molecule has 2 heterocycles. The molecule has 28 heavy (non-hydrogen) atoms. The minimum absolute atomic E-state index is 0. The molecule has 3 rings (SSSR count). The zero-order chi connectivity index (χ0) is 18.9. The summed E-state index contributed by atoms with van der Waals surface area (Å²) in [5, 5.41) is 6.78. The molecule has 0 aromatic carbocycles. The first-order valence-electron chi connectivity index (χ1n) is 10.2. The summed E-state index contributed by atoms with van der Waals surface area (Å²) < 4.78 is 11.2. The average Bonchev–Trinajstić information content (AvgIpc) is 3.54. The van der Waals surface area contributed by atoms with Crippen LogP contribution in [-0.4, -0.2) is 67.9 Å². The standard InChI is InChI=1S/C20H33N5O2.HI/c1-3-21-20(23-13-16(2)25-8-10-26-11-9-25)24-14-18-6-7-22-19(12-18)27-15-17-4-5-17;/h6-7,12,16-17H,3-5,8-11,13-15H2,1-2H3,(H2,21,23,24);1H. The number of halogens is 1. The zero-order valence-electron chi connectivity index (χ0n) is 17.0. The van der Waals surface area contributed by atoms with Crippen LogP contribution in [-0.2, 0) is 11.3 Å². The minimum Gasteiger partial charge on any atom is -0.477 e. The third-order valence-electron chi connectivity index (χ3n) is 4.96. The van der Waals surface area contributed by atoms with E-state index in [2.05, 4.69) is 34.4 Å². The molecule has 0 amide bonds. The molecule has 1 aliphatic carbocycles. The molecular weight excluding hydrogens is 469 g/mol. The van der Waals surface area contributed by atoms with E-state index in [4.69, 9.17) is 14.5 Å². The van der Waals surface area contributed by atoms with E-state index in [0.29, 0.717) is 18.5 Å². The SMILES string of the molecule is CCNC(=NCc1ccnc(OCC2CC2)c1)NCC(C)N1CCOCC1.I. The first-order valence-corrected chi connectivity index (χ1v) is 10.2. The van der Waals surface area contributed by atoms with Gasteiger partial charge in [-0.3, -0.25) is 4.90 Å². The molecular formula is C20H34IN5O2. The number of ether oxygens (including phenoxy) is 2. The number of aromatic nitrogens is 1. The fraction of sp³-hybridized carbons (Fsp3) is 0.700. The monoisotopic (exact) mass is 503 g/mol. The molecule has 2 aliphatic rings. The Morgan fingerprint density at radius 1 is 1.36 bits per heavy atom. The van der Waals surface area contributed by atoms with Gasteiger partial charge in [-0.05, 0) is 44.2 Å². The smallest absolute Gasteiger partial charge is 0.213 e. The number of nitrogens with one attached hydrogen (secondary N) is 2. The minimum atomic E-state index is 0. The summed E-state index contributed by atoms with van der Waals surface area (Å²) in [7, 11) is 0. The molecule has 0 radical (unpaired) electrons. The van der Waals surface area contributed by atoms with Gasteiger partial charge in [0.25, 0.3) is 0 Å². The molecule has 1 aromatic heterocycles. The van der Waals surface area contributed by atoms with Crippen molar-refractivity contribution in [1.29, 1.82) is 0 Å². The second-order valence-corrected chi connectivity index (χ2v) is 7.33. The van der Waals surface area contributed by atoms with Crippen molar-refractivity contribution in [2.24, 2.45) is 10.9 Å². The van der Waals surface area contributed by atoms with Crippen LogP contribution in [0.3, 0.4) is 0 Å². The third kappa shape index (κ3) is 8.08. The van der Waals surface area contributed by atoms with Crippen molar-refractivity contribution in [1.82, 2.24) is 20.5 Å². The first kappa shape index (κ1) is 23.2. The van der Waals surface area contributed by atoms with Gasteiger partial charge in [0, 0.05) is 44.5 Å². The fourth-order valence-corrected chi connectivity index (χ4v) is 3.02. The number of morpholine rings is 1. The quantitative estimate of drug-likeness (QED) is 0.306. The van der Waals surface area contributed by atoms with Gasteiger partial charge in [0.15, 0.2) is 5.96 Å². The van der Waals surface area contributed by atoms with E-state index >= 15 is 0 Å². The van der Waals surface area contributed by atoms with Crippen molar-refractivity contribution in [3.05, 3.63) is 23.9 Å². The van der Waals surface area contributed by atoms with Crippen molar-refractivity contribution in [3.8, 4) is 5.88 Å². The second-order valence-electron chi connectivity index (χ2n) is 7.33. The summed E-state index contributed by atoms with van der Waals surface area (Å²) in [6.45, 7) is 11.0. The Morgan fingerprint density at radius 3 is 2.86 bits per heavy atom. The van der Waals surface area contributed by atoms with Gasteiger partial charge in [0.1, 0.15) is 0 Å². The largest absolute Gasteiger partial charge is 0.477 e. The van der Waals surface area contributed by atoms with E-state index in [1.807, 2.05) is 12.1 Å². The number of nitrogens with zero attached hydrogens (tertiary/aromatic N) is 3. The normalized spacial score (nSPS) is 18.9. The van der Waals surface area contributed by atoms with E-state index in [-0.39, 0.29) is 24.0 Å². The van der Waals surface area contributed by atoms with Gasteiger partial charge < -0.3 is 20.1 Å². The molecule has 1 aromatic rings. The molecule has 1 saturated carbocycles. The summed E-state index contributed by atoms with van der Waals surface area (Å²) in [5.41, 5.74) is 1.11. The van der Waals surface area contributed by atoms with Crippen LogP contribution < -0.4 is 15.4 Å². The number of guanidine groups is 1. The molecule has 0 spiro atoms. The summed E-state index contributed by atoms with van der Waals surface area (Å²) >= 11 is 0. The maximum absolute atomic E-state index is 5.76. The Hall–Kier alpha value is -1.13. The zero-order valence-corrected chi connectivity index (χ0v) is 19.4. The average molecular weight is 503 g/mol. The number of hydrogen-bond acceptors (Lipinski definition) is 5. The van der Waals surface area contributed by atoms with Crippen LogP contribution in [0.15, 0.2) is 23.3 Å². The highest BCUT2D eigenvalue weighted by atomic mass is 127. The molecule has 1 saturated heterocycles. The molecule has 1 unspecified atom stereocenters. The lowest BCUT2D eigenvalue weighted by atomic mass is 10.2. The molecule has 8 heteroatoms. The van der Waals surface area contributed by atoms with Crippen LogP contribution in [0.1, 0.15) is 32.3 Å². The van der Waals surface area contributed by atoms with Gasteiger partial charge in [-0.2, -0.15) is 0 Å². The van der Waals surface area contributed by atoms with Crippen LogP contribution >= 0.6 is 24.0 Å². The highest BCUT2D eigenvalue weighted by Gasteiger charge is 2.22. The van der Waals surface area contributed by atoms with Gasteiger partial charge in [-0.25, -0.2) is 9.98 Å². The Morgan fingerprint density at radius 2 is 2.14 bits per heavy atom. The number of rotatable bonds is 9. The van der Waals surface area contributed by atoms with Crippen LogP contribution in [0.4, 0.5) is 0 Å². The lowest BCUT2D eigenvalue weighted by Gasteiger charge is -2.32. The maximum Gasteiger partial charge on any atom is 0.213 e. The van der Waals surface area contributed by atoms with Crippen LogP contribution in [0.5, 0.6) is 5.88 Å².